The van der Waals surface area contributed by atoms with Crippen molar-refractivity contribution in [2.45, 2.75) is 32.7 Å². The van der Waals surface area contributed by atoms with Gasteiger partial charge in [-0.2, -0.15) is 0 Å². The van der Waals surface area contributed by atoms with Crippen molar-refractivity contribution in [2.75, 3.05) is 19.6 Å². The zero-order valence-electron chi connectivity index (χ0n) is 11.2. The molecular weight excluding hydrogens is 291 g/mol. The Bertz CT molecular complexity index is 328. The molecule has 1 aliphatic heterocycles. The molecule has 1 fully saturated rings. The number of nitrogens with one attached hydrogen (secondary N) is 2. The van der Waals surface area contributed by atoms with Crippen LogP contribution in [0.1, 0.15) is 26.7 Å². The molecule has 1 aliphatic rings. The monoisotopic (exact) mass is 311 g/mol. The minimum atomic E-state index is -0.0933. The number of likely N-dealkylation sites (tertiary alicyclic amines) is 1. The number of amides is 1. The van der Waals surface area contributed by atoms with E-state index in [9.17, 15) is 9.59 Å². The summed E-state index contributed by atoms with van der Waals surface area (Å²) in [6.07, 6.45) is 2.61. The van der Waals surface area contributed by atoms with Gasteiger partial charge < -0.3 is 10.1 Å². The maximum atomic E-state index is 11.9. The van der Waals surface area contributed by atoms with Crippen molar-refractivity contribution in [2.24, 2.45) is 5.92 Å². The molecule has 0 aromatic carbocycles. The second-order valence-corrected chi connectivity index (χ2v) is 6.15. The van der Waals surface area contributed by atoms with Crippen LogP contribution in [0.25, 0.3) is 0 Å². The van der Waals surface area contributed by atoms with E-state index in [1.165, 1.54) is 0 Å². The molecular formula is C11H21Cl2N4O2+. The first-order valence-electron chi connectivity index (χ1n) is 6.37. The molecule has 0 aromatic heterocycles. The number of halogens is 2. The lowest BCUT2D eigenvalue weighted by molar-refractivity contribution is -0.978. The molecule has 1 heterocycles. The Balaban J connectivity index is 2.74. The van der Waals surface area contributed by atoms with Crippen LogP contribution in [0, 0.1) is 5.92 Å². The highest BCUT2D eigenvalue weighted by atomic mass is 35.5. The van der Waals surface area contributed by atoms with Crippen molar-refractivity contribution >= 4 is 35.7 Å². The van der Waals surface area contributed by atoms with Gasteiger partial charge in [-0.3, -0.25) is 4.79 Å². The average Bonchev–Trinajstić information content (AvgIpc) is 2.26. The van der Waals surface area contributed by atoms with Crippen molar-refractivity contribution in [3.63, 3.8) is 0 Å². The Labute approximate surface area is 123 Å². The molecule has 0 aliphatic carbocycles. The number of hydrazine groups is 1. The van der Waals surface area contributed by atoms with Gasteiger partial charge >= 0.3 is 0 Å². The third kappa shape index (κ3) is 5.62. The second-order valence-electron chi connectivity index (χ2n) is 5.30. The van der Waals surface area contributed by atoms with Crippen molar-refractivity contribution in [3.05, 3.63) is 0 Å². The molecule has 2 unspecified atom stereocenters. The number of hydrogen-bond acceptors (Lipinski definition) is 4. The van der Waals surface area contributed by atoms with Crippen LogP contribution in [0.3, 0.4) is 0 Å². The summed E-state index contributed by atoms with van der Waals surface area (Å²) in [6, 6.07) is 0.0716. The van der Waals surface area contributed by atoms with E-state index in [1.54, 1.807) is 0 Å². The molecule has 19 heavy (non-hydrogen) atoms. The van der Waals surface area contributed by atoms with Crippen LogP contribution in [0.5, 0.6) is 0 Å². The largest absolute Gasteiger partial charge is 0.349 e. The lowest BCUT2D eigenvalue weighted by atomic mass is 9.99. The van der Waals surface area contributed by atoms with E-state index in [1.807, 2.05) is 13.8 Å². The summed E-state index contributed by atoms with van der Waals surface area (Å²) in [6.45, 7) is 5.19. The third-order valence-corrected chi connectivity index (χ3v) is 3.27. The van der Waals surface area contributed by atoms with Gasteiger partial charge in [-0.05, 0) is 30.7 Å². The van der Waals surface area contributed by atoms with Gasteiger partial charge in [0.25, 0.3) is 5.91 Å². The molecule has 2 N–H and O–H groups in total. The summed E-state index contributed by atoms with van der Waals surface area (Å²) in [7, 11) is 0. The van der Waals surface area contributed by atoms with Crippen LogP contribution in [0.15, 0.2) is 0 Å². The molecule has 6 nitrogen and oxygen atoms in total. The number of rotatable bonds is 6. The lowest BCUT2D eigenvalue weighted by Gasteiger charge is -2.41. The highest BCUT2D eigenvalue weighted by Crippen LogP contribution is 2.21. The summed E-state index contributed by atoms with van der Waals surface area (Å²) in [5, 5.41) is 2.83. The SMILES string of the molecule is CC(C)NC(=O)C[N+]1(NN(Cl)Cl)CCCC(C=O)C1. The van der Waals surface area contributed by atoms with Gasteiger partial charge in [0.1, 0.15) is 12.8 Å². The number of piperidine rings is 1. The highest BCUT2D eigenvalue weighted by Gasteiger charge is 2.39. The minimum absolute atomic E-state index is 0.0716. The van der Waals surface area contributed by atoms with E-state index in [4.69, 9.17) is 23.6 Å². The quantitative estimate of drug-likeness (QED) is 0.332. The Morgan fingerprint density at radius 1 is 1.53 bits per heavy atom. The van der Waals surface area contributed by atoms with Crippen molar-refractivity contribution < 1.29 is 14.2 Å². The number of quaternary nitrogens is 1. The Morgan fingerprint density at radius 2 is 2.21 bits per heavy atom. The first kappa shape index (κ1) is 16.7. The van der Waals surface area contributed by atoms with Crippen molar-refractivity contribution in [1.29, 1.82) is 0 Å². The van der Waals surface area contributed by atoms with E-state index in [0.29, 0.717) is 13.1 Å². The predicted octanol–water partition coefficient (Wildman–Crippen LogP) is 0.966. The highest BCUT2D eigenvalue weighted by molar-refractivity contribution is 6.33. The predicted molar refractivity (Wildman–Crippen MR) is 73.6 cm³/mol. The van der Waals surface area contributed by atoms with Gasteiger partial charge in [-0.15, -0.1) is 0 Å². The molecule has 1 amide bonds. The Hall–Kier alpha value is -0.400. The zero-order chi connectivity index (χ0) is 14.5. The van der Waals surface area contributed by atoms with Gasteiger partial charge in [0.05, 0.1) is 12.5 Å². The number of hydrogen-bond donors (Lipinski definition) is 2. The summed E-state index contributed by atoms with van der Waals surface area (Å²) in [5.74, 6) is -0.175. The maximum Gasteiger partial charge on any atom is 0.277 e. The van der Waals surface area contributed by atoms with E-state index in [0.717, 1.165) is 23.2 Å². The van der Waals surface area contributed by atoms with Crippen LogP contribution in [-0.2, 0) is 9.59 Å². The fourth-order valence-electron chi connectivity index (χ4n) is 2.47. The van der Waals surface area contributed by atoms with Crippen molar-refractivity contribution in [1.82, 2.24) is 14.9 Å². The van der Waals surface area contributed by atoms with E-state index < -0.39 is 0 Å². The molecule has 0 bridgehead atoms. The Kier molecular flexibility index (Phi) is 6.49. The molecule has 0 saturated carbocycles. The standard InChI is InChI=1S/C11H20Cl2N4O2/c1-9(2)14-11(19)7-17(15-16(12)13)5-3-4-10(6-17)8-18/h8-10,15H,3-7H2,1-2H3/p+1. The fourth-order valence-corrected chi connectivity index (χ4v) is 2.79. The van der Waals surface area contributed by atoms with Gasteiger partial charge in [0.15, 0.2) is 6.54 Å². The topological polar surface area (TPSA) is 61.4 Å². The van der Waals surface area contributed by atoms with Crippen LogP contribution >= 0.6 is 23.6 Å². The molecule has 0 aromatic rings. The summed E-state index contributed by atoms with van der Waals surface area (Å²) in [4.78, 5) is 22.9. The lowest BCUT2D eigenvalue weighted by Crippen LogP contribution is -2.67. The van der Waals surface area contributed by atoms with E-state index in [2.05, 4.69) is 10.9 Å². The summed E-state index contributed by atoms with van der Waals surface area (Å²) >= 11 is 11.3. The van der Waals surface area contributed by atoms with Gasteiger partial charge in [-0.1, -0.05) is 5.53 Å². The van der Waals surface area contributed by atoms with Crippen LogP contribution < -0.4 is 10.9 Å². The molecule has 0 spiro atoms. The second kappa shape index (κ2) is 7.40. The van der Waals surface area contributed by atoms with Crippen LogP contribution in [0.2, 0.25) is 0 Å². The first-order chi connectivity index (χ1) is 8.87. The van der Waals surface area contributed by atoms with Gasteiger partial charge in [0, 0.05) is 29.6 Å². The summed E-state index contributed by atoms with van der Waals surface area (Å²) in [5.41, 5.74) is 2.85. The number of nitrogens with zero attached hydrogens (tertiary/aromatic N) is 2. The number of aldehydes is 1. The molecule has 110 valence electrons. The van der Waals surface area contributed by atoms with Crippen LogP contribution in [-0.4, -0.2) is 46.5 Å². The normalized spacial score (nSPS) is 27.6. The molecule has 1 saturated heterocycles. The number of carbonyl (C=O) groups is 2. The average molecular weight is 312 g/mol. The van der Waals surface area contributed by atoms with E-state index in [-0.39, 0.29) is 29.0 Å². The molecule has 8 heteroatoms. The summed E-state index contributed by atoms with van der Waals surface area (Å²) < 4.78 is 0.991. The van der Waals surface area contributed by atoms with Gasteiger partial charge in [-0.25, -0.2) is 4.59 Å². The fraction of sp³-hybridized carbons (Fsp3) is 0.818. The number of carbonyl (C=O) groups excluding carboxylic acids is 2. The first-order valence-corrected chi connectivity index (χ1v) is 7.05. The van der Waals surface area contributed by atoms with Gasteiger partial charge in [0.2, 0.25) is 0 Å². The van der Waals surface area contributed by atoms with Crippen molar-refractivity contribution in [3.8, 4) is 0 Å². The minimum Gasteiger partial charge on any atom is -0.349 e. The smallest absolute Gasteiger partial charge is 0.277 e. The van der Waals surface area contributed by atoms with Crippen LogP contribution in [0.4, 0.5) is 0 Å². The third-order valence-electron chi connectivity index (χ3n) is 3.12. The Morgan fingerprint density at radius 3 is 2.74 bits per heavy atom. The maximum absolute atomic E-state index is 11.9. The zero-order valence-corrected chi connectivity index (χ0v) is 12.7. The molecule has 1 rings (SSSR count). The molecule has 0 radical (unpaired) electrons. The van der Waals surface area contributed by atoms with E-state index >= 15 is 0 Å². The molecule has 2 atom stereocenters.